The molecule has 0 atom stereocenters. The summed E-state index contributed by atoms with van der Waals surface area (Å²) in [6.45, 7) is 26.1. The van der Waals surface area contributed by atoms with Crippen LogP contribution >= 0.6 is 0 Å². The van der Waals surface area contributed by atoms with Crippen molar-refractivity contribution >= 4 is 17.1 Å². The molecular formula is C27H60O4Si2. The Kier molecular flexibility index (Phi) is 17.0. The van der Waals surface area contributed by atoms with Crippen molar-refractivity contribution in [3.8, 4) is 0 Å². The van der Waals surface area contributed by atoms with Gasteiger partial charge < -0.3 is 17.7 Å². The van der Waals surface area contributed by atoms with Crippen LogP contribution in [-0.2, 0) is 17.7 Å². The van der Waals surface area contributed by atoms with Gasteiger partial charge in [0.05, 0.1) is 0 Å². The standard InChI is InChI=1S/C27H60O4Si2/c1-11-15-20-28-32(26(5,6)7,29-21-16-12-2)24-19-25-33(27(8,9)10,30-22-17-13-3)31-23-18-14-4/h11-25H2,1-10H3. The fourth-order valence-corrected chi connectivity index (χ4v) is 11.6. The normalized spacial score (nSPS) is 13.6. The molecule has 0 amide bonds. The second kappa shape index (κ2) is 16.9. The molecule has 33 heavy (non-hydrogen) atoms. The molecule has 0 saturated carbocycles. The van der Waals surface area contributed by atoms with Gasteiger partial charge in [0, 0.05) is 36.5 Å². The van der Waals surface area contributed by atoms with E-state index in [0.29, 0.717) is 0 Å². The molecule has 0 rings (SSSR count). The quantitative estimate of drug-likeness (QED) is 0.122. The van der Waals surface area contributed by atoms with Crippen LogP contribution in [0.3, 0.4) is 0 Å². The second-order valence-electron chi connectivity index (χ2n) is 11.7. The van der Waals surface area contributed by atoms with Gasteiger partial charge in [0.1, 0.15) is 0 Å². The van der Waals surface area contributed by atoms with E-state index < -0.39 is 17.1 Å². The average Bonchev–Trinajstić information content (AvgIpc) is 2.72. The Balaban J connectivity index is 5.69. The van der Waals surface area contributed by atoms with Gasteiger partial charge in [0.2, 0.25) is 0 Å². The van der Waals surface area contributed by atoms with Gasteiger partial charge in [0.15, 0.2) is 0 Å². The summed E-state index contributed by atoms with van der Waals surface area (Å²) in [4.78, 5) is 0. The molecule has 0 radical (unpaired) electrons. The highest BCUT2D eigenvalue weighted by molar-refractivity contribution is 6.72. The Bertz CT molecular complexity index is 410. The third-order valence-electron chi connectivity index (χ3n) is 6.63. The molecule has 200 valence electrons. The molecule has 0 aromatic heterocycles. The molecule has 0 bridgehead atoms. The minimum Gasteiger partial charge on any atom is -0.394 e. The molecule has 0 spiro atoms. The van der Waals surface area contributed by atoms with E-state index in [1.807, 2.05) is 0 Å². The lowest BCUT2D eigenvalue weighted by Crippen LogP contribution is -2.53. The van der Waals surface area contributed by atoms with E-state index in [4.69, 9.17) is 17.7 Å². The molecule has 0 heterocycles. The van der Waals surface area contributed by atoms with Crippen molar-refractivity contribution in [2.24, 2.45) is 0 Å². The van der Waals surface area contributed by atoms with Crippen LogP contribution in [0.15, 0.2) is 0 Å². The van der Waals surface area contributed by atoms with Crippen LogP contribution in [0.5, 0.6) is 0 Å². The highest BCUT2D eigenvalue weighted by Gasteiger charge is 2.52. The Morgan fingerprint density at radius 3 is 0.848 bits per heavy atom. The number of hydrogen-bond donors (Lipinski definition) is 0. The van der Waals surface area contributed by atoms with Gasteiger partial charge in [0.25, 0.3) is 0 Å². The van der Waals surface area contributed by atoms with Gasteiger partial charge in [-0.25, -0.2) is 0 Å². The summed E-state index contributed by atoms with van der Waals surface area (Å²) in [6.07, 6.45) is 10.1. The molecule has 6 heteroatoms. The highest BCUT2D eigenvalue weighted by Crippen LogP contribution is 2.46. The van der Waals surface area contributed by atoms with Crippen LogP contribution in [0.2, 0.25) is 22.2 Å². The molecule has 0 aliphatic heterocycles. The maximum absolute atomic E-state index is 6.73. The maximum atomic E-state index is 6.73. The largest absolute Gasteiger partial charge is 0.394 e. The van der Waals surface area contributed by atoms with Gasteiger partial charge in [-0.2, -0.15) is 0 Å². The summed E-state index contributed by atoms with van der Waals surface area (Å²) in [5, 5.41) is 0.0686. The summed E-state index contributed by atoms with van der Waals surface area (Å²) in [6, 6.07) is 2.03. The minimum atomic E-state index is -2.40. The fraction of sp³-hybridized carbons (Fsp3) is 1.00. The van der Waals surface area contributed by atoms with Crippen molar-refractivity contribution in [1.29, 1.82) is 0 Å². The molecule has 0 N–H and O–H groups in total. The maximum Gasteiger partial charge on any atom is 0.343 e. The van der Waals surface area contributed by atoms with Gasteiger partial charge in [-0.3, -0.25) is 0 Å². The SMILES string of the molecule is CCCCO[Si](CCC[Si](OCCCC)(OCCCC)C(C)(C)C)(OCCCC)C(C)(C)C. The van der Waals surface area contributed by atoms with E-state index in [2.05, 4.69) is 69.2 Å². The third-order valence-corrected chi connectivity index (χ3v) is 15.9. The lowest BCUT2D eigenvalue weighted by molar-refractivity contribution is 0.136. The minimum absolute atomic E-state index is 0.0343. The number of rotatable bonds is 20. The number of unbranched alkanes of at least 4 members (excludes halogenated alkanes) is 4. The van der Waals surface area contributed by atoms with Crippen molar-refractivity contribution in [1.82, 2.24) is 0 Å². The van der Waals surface area contributed by atoms with E-state index in [9.17, 15) is 0 Å². The summed E-state index contributed by atoms with van der Waals surface area (Å²) in [5.74, 6) is 0. The predicted molar refractivity (Wildman–Crippen MR) is 149 cm³/mol. The second-order valence-corrected chi connectivity index (χ2v) is 19.8. The average molecular weight is 505 g/mol. The monoisotopic (exact) mass is 504 g/mol. The summed E-state index contributed by atoms with van der Waals surface area (Å²) in [5.41, 5.74) is 0. The first-order valence-electron chi connectivity index (χ1n) is 14.0. The topological polar surface area (TPSA) is 36.9 Å². The van der Waals surface area contributed by atoms with Gasteiger partial charge in [-0.15, -0.1) is 0 Å². The van der Waals surface area contributed by atoms with E-state index in [0.717, 1.165) is 96.3 Å². The van der Waals surface area contributed by atoms with Crippen molar-refractivity contribution in [3.05, 3.63) is 0 Å². The molecule has 0 aromatic rings. The smallest absolute Gasteiger partial charge is 0.343 e. The first-order chi connectivity index (χ1) is 15.4. The Morgan fingerprint density at radius 1 is 0.424 bits per heavy atom. The zero-order valence-electron chi connectivity index (χ0n) is 24.2. The van der Waals surface area contributed by atoms with Gasteiger partial charge in [-0.1, -0.05) is 94.9 Å². The molecule has 0 aromatic carbocycles. The molecule has 0 unspecified atom stereocenters. The molecule has 4 nitrogen and oxygen atoms in total. The Morgan fingerprint density at radius 2 is 0.667 bits per heavy atom. The van der Waals surface area contributed by atoms with E-state index in [1.54, 1.807) is 0 Å². The first-order valence-corrected chi connectivity index (χ1v) is 18.1. The van der Waals surface area contributed by atoms with Crippen molar-refractivity contribution in [2.75, 3.05) is 26.4 Å². The first kappa shape index (κ1) is 33.3. The van der Waals surface area contributed by atoms with Crippen molar-refractivity contribution < 1.29 is 17.7 Å². The van der Waals surface area contributed by atoms with Crippen LogP contribution in [-0.4, -0.2) is 43.5 Å². The molecule has 0 saturated heterocycles. The van der Waals surface area contributed by atoms with E-state index >= 15 is 0 Å². The van der Waals surface area contributed by atoms with Gasteiger partial charge in [-0.05, 0) is 44.2 Å². The van der Waals surface area contributed by atoms with Crippen LogP contribution in [0.1, 0.15) is 127 Å². The number of hydrogen-bond acceptors (Lipinski definition) is 4. The van der Waals surface area contributed by atoms with E-state index in [1.165, 1.54) is 0 Å². The fourth-order valence-electron chi connectivity index (χ4n) is 4.07. The van der Waals surface area contributed by atoms with E-state index in [-0.39, 0.29) is 10.1 Å². The van der Waals surface area contributed by atoms with Crippen LogP contribution in [0, 0.1) is 0 Å². The molecule has 0 aliphatic carbocycles. The Labute approximate surface area is 210 Å². The van der Waals surface area contributed by atoms with Crippen LogP contribution < -0.4 is 0 Å². The van der Waals surface area contributed by atoms with Crippen LogP contribution in [0.25, 0.3) is 0 Å². The molecular weight excluding hydrogens is 444 g/mol. The summed E-state index contributed by atoms with van der Waals surface area (Å²) < 4.78 is 26.9. The highest BCUT2D eigenvalue weighted by atomic mass is 28.4. The zero-order valence-corrected chi connectivity index (χ0v) is 26.2. The third kappa shape index (κ3) is 11.7. The van der Waals surface area contributed by atoms with Gasteiger partial charge >= 0.3 is 17.1 Å². The van der Waals surface area contributed by atoms with Crippen LogP contribution in [0.4, 0.5) is 0 Å². The molecule has 0 fully saturated rings. The zero-order chi connectivity index (χ0) is 25.4. The summed E-state index contributed by atoms with van der Waals surface area (Å²) in [7, 11) is -4.79. The summed E-state index contributed by atoms with van der Waals surface area (Å²) >= 11 is 0. The Hall–Kier alpha value is 0.274. The van der Waals surface area contributed by atoms with Crippen molar-refractivity contribution in [2.45, 2.75) is 149 Å². The lowest BCUT2D eigenvalue weighted by Gasteiger charge is -2.44. The molecule has 0 aliphatic rings. The lowest BCUT2D eigenvalue weighted by atomic mass is 10.2. The van der Waals surface area contributed by atoms with Crippen molar-refractivity contribution in [3.63, 3.8) is 0 Å². The predicted octanol–water partition coefficient (Wildman–Crippen LogP) is 9.13.